The number of hydrogen-bond acceptors (Lipinski definition) is 3. The van der Waals surface area contributed by atoms with E-state index in [0.29, 0.717) is 10.2 Å². The quantitative estimate of drug-likeness (QED) is 0.688. The summed E-state index contributed by atoms with van der Waals surface area (Å²) in [4.78, 5) is 15.7. The van der Waals surface area contributed by atoms with Gasteiger partial charge in [-0.05, 0) is 36.5 Å². The van der Waals surface area contributed by atoms with Crippen LogP contribution >= 0.6 is 23.6 Å². The number of H-pyrrole nitrogens is 1. The highest BCUT2D eigenvalue weighted by atomic mass is 32.1. The van der Waals surface area contributed by atoms with Crippen LogP contribution in [0.1, 0.15) is 19.3 Å². The van der Waals surface area contributed by atoms with Crippen LogP contribution in [0.3, 0.4) is 0 Å². The molecule has 1 N–H and O–H groups in total. The number of nitrogens with one attached hydrogen (secondary N) is 1. The van der Waals surface area contributed by atoms with Crippen molar-refractivity contribution in [2.45, 2.75) is 32.0 Å². The standard InChI is InChI=1S/C11H11F3N2OS2/c12-11(13,14)4-1-2-5-16-9(17)7-3-6-19-8(7)15-10(16)18/h3,6H,1-2,4-5H2,(H,15,18). The smallest absolute Gasteiger partial charge is 0.323 e. The second-order valence-corrected chi connectivity index (χ2v) is 5.43. The molecular weight excluding hydrogens is 297 g/mol. The Hall–Kier alpha value is -1.15. The largest absolute Gasteiger partial charge is 0.389 e. The third-order valence-corrected chi connectivity index (χ3v) is 3.85. The lowest BCUT2D eigenvalue weighted by atomic mass is 10.2. The Morgan fingerprint density at radius 2 is 2.11 bits per heavy atom. The number of fused-ring (bicyclic) bond motifs is 1. The third kappa shape index (κ3) is 3.44. The molecule has 2 aromatic rings. The summed E-state index contributed by atoms with van der Waals surface area (Å²) < 4.78 is 37.6. The van der Waals surface area contributed by atoms with Gasteiger partial charge < -0.3 is 4.98 Å². The fraction of sp³-hybridized carbons (Fsp3) is 0.455. The molecule has 0 amide bonds. The van der Waals surface area contributed by atoms with Crippen LogP contribution < -0.4 is 5.56 Å². The molecule has 0 atom stereocenters. The molecule has 0 fully saturated rings. The van der Waals surface area contributed by atoms with Crippen molar-refractivity contribution >= 4 is 33.8 Å². The minimum Gasteiger partial charge on any atom is -0.323 e. The summed E-state index contributed by atoms with van der Waals surface area (Å²) in [6.45, 7) is 0.204. The summed E-state index contributed by atoms with van der Waals surface area (Å²) in [7, 11) is 0. The number of hydrogen-bond donors (Lipinski definition) is 1. The van der Waals surface area contributed by atoms with E-state index in [1.165, 1.54) is 15.9 Å². The van der Waals surface area contributed by atoms with Gasteiger partial charge in [-0.1, -0.05) is 0 Å². The van der Waals surface area contributed by atoms with Gasteiger partial charge in [0.1, 0.15) is 4.83 Å². The lowest BCUT2D eigenvalue weighted by Gasteiger charge is -2.08. The number of alkyl halides is 3. The summed E-state index contributed by atoms with van der Waals surface area (Å²) in [5.74, 6) is 0. The molecule has 0 radical (unpaired) electrons. The number of halogens is 3. The van der Waals surface area contributed by atoms with E-state index in [1.807, 2.05) is 0 Å². The third-order valence-electron chi connectivity index (χ3n) is 2.70. The summed E-state index contributed by atoms with van der Waals surface area (Å²) >= 11 is 6.42. The Kier molecular flexibility index (Phi) is 4.10. The lowest BCUT2D eigenvalue weighted by molar-refractivity contribution is -0.135. The van der Waals surface area contributed by atoms with Crippen molar-refractivity contribution in [2.75, 3.05) is 0 Å². The molecule has 0 unspecified atom stereocenters. The van der Waals surface area contributed by atoms with Gasteiger partial charge in [0.2, 0.25) is 0 Å². The maximum Gasteiger partial charge on any atom is 0.389 e. The van der Waals surface area contributed by atoms with Crippen molar-refractivity contribution in [2.24, 2.45) is 0 Å². The highest BCUT2D eigenvalue weighted by Crippen LogP contribution is 2.22. The average Bonchev–Trinajstić information content (AvgIpc) is 2.74. The first-order valence-corrected chi connectivity index (χ1v) is 6.94. The second kappa shape index (κ2) is 5.46. The van der Waals surface area contributed by atoms with Crippen molar-refractivity contribution in [1.82, 2.24) is 9.55 Å². The van der Waals surface area contributed by atoms with Crippen LogP contribution in [-0.2, 0) is 6.54 Å². The van der Waals surface area contributed by atoms with E-state index in [9.17, 15) is 18.0 Å². The van der Waals surface area contributed by atoms with Crippen molar-refractivity contribution < 1.29 is 13.2 Å². The van der Waals surface area contributed by atoms with Crippen molar-refractivity contribution in [3.63, 3.8) is 0 Å². The van der Waals surface area contributed by atoms with Crippen LogP contribution in [0, 0.1) is 4.77 Å². The normalized spacial score (nSPS) is 12.2. The van der Waals surface area contributed by atoms with E-state index < -0.39 is 12.6 Å². The number of nitrogens with zero attached hydrogens (tertiary/aromatic N) is 1. The molecule has 3 nitrogen and oxygen atoms in total. The van der Waals surface area contributed by atoms with Gasteiger partial charge in [-0.2, -0.15) is 13.2 Å². The van der Waals surface area contributed by atoms with Crippen LogP contribution in [0.15, 0.2) is 16.2 Å². The fourth-order valence-electron chi connectivity index (χ4n) is 1.78. The molecule has 2 rings (SSSR count). The summed E-state index contributed by atoms with van der Waals surface area (Å²) in [6, 6.07) is 1.68. The van der Waals surface area contributed by atoms with Crippen LogP contribution in [0.5, 0.6) is 0 Å². The molecule has 0 aliphatic carbocycles. The second-order valence-electron chi connectivity index (χ2n) is 4.12. The first-order valence-electron chi connectivity index (χ1n) is 5.65. The lowest BCUT2D eigenvalue weighted by Crippen LogP contribution is -2.21. The summed E-state index contributed by atoms with van der Waals surface area (Å²) in [5.41, 5.74) is -0.244. The highest BCUT2D eigenvalue weighted by molar-refractivity contribution is 7.71. The van der Waals surface area contributed by atoms with Gasteiger partial charge in [-0.15, -0.1) is 11.3 Å². The zero-order chi connectivity index (χ0) is 14.0. The van der Waals surface area contributed by atoms with E-state index in [4.69, 9.17) is 12.2 Å². The SMILES string of the molecule is O=c1c2ccsc2[nH]c(=S)n1CCCCC(F)(F)F. The molecule has 0 saturated heterocycles. The van der Waals surface area contributed by atoms with Crippen LogP contribution in [-0.4, -0.2) is 15.7 Å². The molecule has 0 bridgehead atoms. The number of thiophene rings is 1. The van der Waals surface area contributed by atoms with Gasteiger partial charge in [0.05, 0.1) is 5.39 Å². The summed E-state index contributed by atoms with van der Waals surface area (Å²) in [5, 5.41) is 2.29. The predicted molar refractivity (Wildman–Crippen MR) is 71.2 cm³/mol. The van der Waals surface area contributed by atoms with Gasteiger partial charge in [0.15, 0.2) is 4.77 Å². The van der Waals surface area contributed by atoms with Crippen LogP contribution in [0.25, 0.3) is 10.2 Å². The molecule has 0 aromatic carbocycles. The zero-order valence-electron chi connectivity index (χ0n) is 9.79. The molecular formula is C11H11F3N2OS2. The van der Waals surface area contributed by atoms with Gasteiger partial charge in [-0.3, -0.25) is 9.36 Å². The molecule has 19 heavy (non-hydrogen) atoms. The van der Waals surface area contributed by atoms with Gasteiger partial charge >= 0.3 is 6.18 Å². The van der Waals surface area contributed by atoms with Crippen molar-refractivity contribution in [3.8, 4) is 0 Å². The predicted octanol–water partition coefficient (Wildman–Crippen LogP) is 3.85. The molecule has 104 valence electrons. The Morgan fingerprint density at radius 1 is 1.37 bits per heavy atom. The molecule has 2 heterocycles. The van der Waals surface area contributed by atoms with E-state index in [0.717, 1.165) is 0 Å². The maximum absolute atomic E-state index is 12.1. The molecule has 8 heteroatoms. The minimum absolute atomic E-state index is 0.00755. The minimum atomic E-state index is -4.15. The Labute approximate surface area is 115 Å². The number of aromatic amines is 1. The van der Waals surface area contributed by atoms with Gasteiger partial charge in [0.25, 0.3) is 5.56 Å². The van der Waals surface area contributed by atoms with E-state index in [2.05, 4.69) is 4.98 Å². The molecule has 0 saturated carbocycles. The first kappa shape index (κ1) is 14.3. The topological polar surface area (TPSA) is 37.8 Å². The maximum atomic E-state index is 12.1. The molecule has 0 aliphatic rings. The summed E-state index contributed by atoms with van der Waals surface area (Å²) in [6.07, 6.45) is -4.72. The van der Waals surface area contributed by atoms with Crippen molar-refractivity contribution in [1.29, 1.82) is 0 Å². The highest BCUT2D eigenvalue weighted by Gasteiger charge is 2.25. The van der Waals surface area contributed by atoms with E-state index in [-0.39, 0.29) is 29.7 Å². The van der Waals surface area contributed by atoms with Crippen LogP contribution in [0.4, 0.5) is 13.2 Å². The fourth-order valence-corrected chi connectivity index (χ4v) is 2.89. The Morgan fingerprint density at radius 3 is 2.79 bits per heavy atom. The van der Waals surface area contributed by atoms with E-state index in [1.54, 1.807) is 11.4 Å². The van der Waals surface area contributed by atoms with Gasteiger partial charge in [0, 0.05) is 13.0 Å². The number of aromatic nitrogens is 2. The number of rotatable bonds is 4. The Balaban J connectivity index is 2.13. The van der Waals surface area contributed by atoms with Crippen molar-refractivity contribution in [3.05, 3.63) is 26.6 Å². The number of unbranched alkanes of at least 4 members (excludes halogenated alkanes) is 1. The average molecular weight is 308 g/mol. The van der Waals surface area contributed by atoms with Crippen LogP contribution in [0.2, 0.25) is 0 Å². The molecule has 0 spiro atoms. The monoisotopic (exact) mass is 308 g/mol. The zero-order valence-corrected chi connectivity index (χ0v) is 11.4. The molecule has 2 aromatic heterocycles. The first-order chi connectivity index (χ1) is 8.88. The Bertz CT molecular complexity index is 684. The molecule has 0 aliphatic heterocycles. The van der Waals surface area contributed by atoms with Gasteiger partial charge in [-0.25, -0.2) is 0 Å². The van der Waals surface area contributed by atoms with E-state index >= 15 is 0 Å².